The molecule has 0 rings (SSSR count). The van der Waals surface area contributed by atoms with Crippen molar-refractivity contribution in [2.45, 2.75) is 52.1 Å². The van der Waals surface area contributed by atoms with Crippen molar-refractivity contribution in [2.24, 2.45) is 0 Å². The van der Waals surface area contributed by atoms with Crippen LogP contribution in [0.1, 0.15) is 46.0 Å². The van der Waals surface area contributed by atoms with Gasteiger partial charge in [-0.15, -0.1) is 0 Å². The van der Waals surface area contributed by atoms with Crippen LogP contribution in [0, 0.1) is 0 Å². The Kier molecular flexibility index (Phi) is 11.9. The van der Waals surface area contributed by atoms with E-state index in [0.29, 0.717) is 6.54 Å². The quantitative estimate of drug-likeness (QED) is 0.569. The summed E-state index contributed by atoms with van der Waals surface area (Å²) in [5.41, 5.74) is 0. The number of nitrogens with one attached hydrogen (secondary N) is 2. The summed E-state index contributed by atoms with van der Waals surface area (Å²) < 4.78 is 10.1. The van der Waals surface area contributed by atoms with Gasteiger partial charge >= 0.3 is 6.09 Å². The molecule has 0 aromatic carbocycles. The smallest absolute Gasteiger partial charge is 0.407 e. The Labute approximate surface area is 121 Å². The Hall–Kier alpha value is -1.30. The van der Waals surface area contributed by atoms with E-state index in [-0.39, 0.29) is 19.1 Å². The van der Waals surface area contributed by atoms with Crippen molar-refractivity contribution in [2.75, 3.05) is 26.8 Å². The van der Waals surface area contributed by atoms with Gasteiger partial charge in [-0.05, 0) is 13.3 Å². The van der Waals surface area contributed by atoms with Gasteiger partial charge in [0.2, 0.25) is 5.91 Å². The average molecular weight is 288 g/mol. The molecule has 6 nitrogen and oxygen atoms in total. The number of unbranched alkanes of at least 4 members (excludes halogenated alkanes) is 4. The standard InChI is InChI=1S/C14H28N2O4/c1-4-5-6-7-8-9-16-14(18)20-11-10-19-12(2)13(17)15-3/h12H,4-11H2,1-3H3,(H,15,17)(H,16,18). The van der Waals surface area contributed by atoms with E-state index in [2.05, 4.69) is 17.6 Å². The summed E-state index contributed by atoms with van der Waals surface area (Å²) in [5, 5.41) is 5.16. The van der Waals surface area contributed by atoms with Gasteiger partial charge in [0.1, 0.15) is 12.7 Å². The summed E-state index contributed by atoms with van der Waals surface area (Å²) in [6, 6.07) is 0. The van der Waals surface area contributed by atoms with E-state index in [4.69, 9.17) is 9.47 Å². The Morgan fingerprint density at radius 3 is 2.45 bits per heavy atom. The lowest BCUT2D eigenvalue weighted by Crippen LogP contribution is -2.33. The first-order chi connectivity index (χ1) is 9.61. The zero-order valence-electron chi connectivity index (χ0n) is 12.9. The second-order valence-corrected chi connectivity index (χ2v) is 4.60. The number of hydrogen-bond acceptors (Lipinski definition) is 4. The van der Waals surface area contributed by atoms with Crippen LogP contribution in [-0.2, 0) is 14.3 Å². The molecule has 0 aromatic rings. The second-order valence-electron chi connectivity index (χ2n) is 4.60. The number of rotatable bonds is 11. The second kappa shape index (κ2) is 12.7. The predicted octanol–water partition coefficient (Wildman–Crippen LogP) is 1.83. The molecule has 0 fully saturated rings. The molecule has 0 aliphatic carbocycles. The molecule has 20 heavy (non-hydrogen) atoms. The number of hydrogen-bond donors (Lipinski definition) is 2. The van der Waals surface area contributed by atoms with Crippen molar-refractivity contribution < 1.29 is 19.1 Å². The largest absolute Gasteiger partial charge is 0.447 e. The summed E-state index contributed by atoms with van der Waals surface area (Å²) >= 11 is 0. The van der Waals surface area contributed by atoms with Crippen molar-refractivity contribution >= 4 is 12.0 Å². The van der Waals surface area contributed by atoms with Gasteiger partial charge in [-0.2, -0.15) is 0 Å². The first-order valence-electron chi connectivity index (χ1n) is 7.35. The van der Waals surface area contributed by atoms with E-state index in [9.17, 15) is 9.59 Å². The minimum Gasteiger partial charge on any atom is -0.447 e. The first-order valence-corrected chi connectivity index (χ1v) is 7.35. The number of likely N-dealkylation sites (N-methyl/N-ethyl adjacent to an activating group) is 1. The van der Waals surface area contributed by atoms with Crippen LogP contribution in [0.3, 0.4) is 0 Å². The van der Waals surface area contributed by atoms with E-state index >= 15 is 0 Å². The van der Waals surface area contributed by atoms with Gasteiger partial charge in [0.25, 0.3) is 0 Å². The minimum atomic E-state index is -0.537. The van der Waals surface area contributed by atoms with Crippen molar-refractivity contribution in [1.82, 2.24) is 10.6 Å². The maximum atomic E-state index is 11.3. The third-order valence-electron chi connectivity index (χ3n) is 2.85. The zero-order chi connectivity index (χ0) is 15.2. The molecular weight excluding hydrogens is 260 g/mol. The van der Waals surface area contributed by atoms with E-state index in [1.165, 1.54) is 19.3 Å². The van der Waals surface area contributed by atoms with Gasteiger partial charge < -0.3 is 20.1 Å². The molecule has 0 aromatic heterocycles. The summed E-state index contributed by atoms with van der Waals surface area (Å²) in [6.45, 7) is 4.80. The van der Waals surface area contributed by atoms with Crippen molar-refractivity contribution in [1.29, 1.82) is 0 Å². The number of alkyl carbamates (subject to hydrolysis) is 1. The molecule has 0 radical (unpaired) electrons. The zero-order valence-corrected chi connectivity index (χ0v) is 12.9. The van der Waals surface area contributed by atoms with Crippen LogP contribution in [0.25, 0.3) is 0 Å². The Balaban J connectivity index is 3.39. The monoisotopic (exact) mass is 288 g/mol. The Morgan fingerprint density at radius 1 is 1.10 bits per heavy atom. The Bertz CT molecular complexity index is 272. The number of carbonyl (C=O) groups is 2. The molecule has 0 aliphatic rings. The van der Waals surface area contributed by atoms with Gasteiger partial charge in [-0.1, -0.05) is 32.6 Å². The molecule has 0 saturated heterocycles. The van der Waals surface area contributed by atoms with Crippen molar-refractivity contribution in [3.63, 3.8) is 0 Å². The highest BCUT2D eigenvalue weighted by Crippen LogP contribution is 2.01. The van der Waals surface area contributed by atoms with E-state index in [1.54, 1.807) is 14.0 Å². The van der Waals surface area contributed by atoms with Gasteiger partial charge in [0.15, 0.2) is 0 Å². The SMILES string of the molecule is CCCCCCCNC(=O)OCCOC(C)C(=O)NC. The van der Waals surface area contributed by atoms with Crippen LogP contribution in [0.5, 0.6) is 0 Å². The molecular formula is C14H28N2O4. The minimum absolute atomic E-state index is 0.142. The molecule has 118 valence electrons. The highest BCUT2D eigenvalue weighted by Gasteiger charge is 2.10. The van der Waals surface area contributed by atoms with Crippen molar-refractivity contribution in [3.8, 4) is 0 Å². The molecule has 0 bridgehead atoms. The molecule has 0 heterocycles. The predicted molar refractivity (Wildman–Crippen MR) is 77.6 cm³/mol. The van der Waals surface area contributed by atoms with Crippen LogP contribution in [-0.4, -0.2) is 44.9 Å². The Morgan fingerprint density at radius 2 is 1.80 bits per heavy atom. The lowest BCUT2D eigenvalue weighted by Gasteiger charge is -2.11. The fourth-order valence-corrected chi connectivity index (χ4v) is 1.61. The van der Waals surface area contributed by atoms with E-state index < -0.39 is 12.2 Å². The highest BCUT2D eigenvalue weighted by atomic mass is 16.6. The molecule has 0 spiro atoms. The number of amides is 2. The summed E-state index contributed by atoms with van der Waals surface area (Å²) in [5.74, 6) is -0.193. The fourth-order valence-electron chi connectivity index (χ4n) is 1.61. The number of ether oxygens (including phenoxy) is 2. The van der Waals surface area contributed by atoms with Crippen LogP contribution in [0.15, 0.2) is 0 Å². The molecule has 1 unspecified atom stereocenters. The fraction of sp³-hybridized carbons (Fsp3) is 0.857. The lowest BCUT2D eigenvalue weighted by atomic mass is 10.1. The number of carbonyl (C=O) groups excluding carboxylic acids is 2. The molecule has 2 N–H and O–H groups in total. The first kappa shape index (κ1) is 18.7. The maximum Gasteiger partial charge on any atom is 0.407 e. The van der Waals surface area contributed by atoms with Crippen molar-refractivity contribution in [3.05, 3.63) is 0 Å². The van der Waals surface area contributed by atoms with Gasteiger partial charge in [0, 0.05) is 13.6 Å². The summed E-state index contributed by atoms with van der Waals surface area (Å²) in [7, 11) is 1.55. The van der Waals surface area contributed by atoms with Crippen LogP contribution in [0.4, 0.5) is 4.79 Å². The lowest BCUT2D eigenvalue weighted by molar-refractivity contribution is -0.131. The van der Waals surface area contributed by atoms with Gasteiger partial charge in [-0.25, -0.2) is 4.79 Å². The van der Waals surface area contributed by atoms with Gasteiger partial charge in [0.05, 0.1) is 6.61 Å². The van der Waals surface area contributed by atoms with Crippen LogP contribution in [0.2, 0.25) is 0 Å². The summed E-state index contributed by atoms with van der Waals surface area (Å²) in [4.78, 5) is 22.4. The van der Waals surface area contributed by atoms with E-state index in [0.717, 1.165) is 12.8 Å². The molecule has 0 saturated carbocycles. The molecule has 0 aliphatic heterocycles. The van der Waals surface area contributed by atoms with E-state index in [1.807, 2.05) is 0 Å². The average Bonchev–Trinajstić information content (AvgIpc) is 2.46. The molecule has 2 amide bonds. The molecule has 1 atom stereocenters. The third-order valence-corrected chi connectivity index (χ3v) is 2.85. The maximum absolute atomic E-state index is 11.3. The van der Waals surface area contributed by atoms with Crippen LogP contribution < -0.4 is 10.6 Å². The van der Waals surface area contributed by atoms with Crippen LogP contribution >= 0.6 is 0 Å². The third kappa shape index (κ3) is 10.6. The highest BCUT2D eigenvalue weighted by molar-refractivity contribution is 5.79. The topological polar surface area (TPSA) is 76.7 Å². The van der Waals surface area contributed by atoms with Gasteiger partial charge in [-0.3, -0.25) is 4.79 Å². The molecule has 6 heteroatoms. The summed E-state index contributed by atoms with van der Waals surface area (Å²) in [6.07, 6.45) is 4.79. The normalized spacial score (nSPS) is 11.8.